The van der Waals surface area contributed by atoms with Crippen LogP contribution in [0.2, 0.25) is 0 Å². The standard InChI is InChI=1S/C19H18F3N5O4S/c1-18(2)16(28)27(12-3-5-13(6-4-12)32(30,31)19(20,21)22)17(29)26(18)10-11-7-8-25-14(9-11)15(23)24/h3-9H,10H2,1-2H3,(H3,23,24). The van der Waals surface area contributed by atoms with Gasteiger partial charge in [0.2, 0.25) is 0 Å². The van der Waals surface area contributed by atoms with Crippen LogP contribution in [0.3, 0.4) is 0 Å². The molecule has 2 aromatic rings. The monoisotopic (exact) mass is 469 g/mol. The molecule has 0 saturated carbocycles. The van der Waals surface area contributed by atoms with Gasteiger partial charge in [-0.15, -0.1) is 0 Å². The molecule has 3 amide bonds. The number of amidine groups is 1. The lowest BCUT2D eigenvalue weighted by molar-refractivity contribution is -0.123. The molecule has 0 spiro atoms. The number of imide groups is 1. The number of carbonyl (C=O) groups is 2. The quantitative estimate of drug-likeness (QED) is 0.392. The fourth-order valence-electron chi connectivity index (χ4n) is 3.14. The predicted octanol–water partition coefficient (Wildman–Crippen LogP) is 2.41. The third-order valence-electron chi connectivity index (χ3n) is 4.97. The van der Waals surface area contributed by atoms with Crippen LogP contribution in [0.5, 0.6) is 0 Å². The van der Waals surface area contributed by atoms with E-state index in [4.69, 9.17) is 11.1 Å². The van der Waals surface area contributed by atoms with Gasteiger partial charge in [0.15, 0.2) is 0 Å². The lowest BCUT2D eigenvalue weighted by Gasteiger charge is -2.27. The molecule has 9 nitrogen and oxygen atoms in total. The molecule has 170 valence electrons. The average Bonchev–Trinajstić information content (AvgIpc) is 2.87. The summed E-state index contributed by atoms with van der Waals surface area (Å²) in [6.07, 6.45) is 1.40. The van der Waals surface area contributed by atoms with E-state index < -0.39 is 37.7 Å². The van der Waals surface area contributed by atoms with Crippen LogP contribution >= 0.6 is 0 Å². The summed E-state index contributed by atoms with van der Waals surface area (Å²) in [4.78, 5) is 30.9. The third kappa shape index (κ3) is 3.79. The van der Waals surface area contributed by atoms with E-state index in [1.54, 1.807) is 6.07 Å². The largest absolute Gasteiger partial charge is 0.501 e. The van der Waals surface area contributed by atoms with E-state index in [0.29, 0.717) is 17.7 Å². The molecule has 0 aliphatic carbocycles. The minimum Gasteiger partial charge on any atom is -0.382 e. The number of nitrogens with one attached hydrogen (secondary N) is 1. The number of nitrogen functional groups attached to an aromatic ring is 1. The summed E-state index contributed by atoms with van der Waals surface area (Å²) in [5, 5.41) is 7.47. The van der Waals surface area contributed by atoms with Gasteiger partial charge in [0, 0.05) is 12.7 Å². The van der Waals surface area contributed by atoms with E-state index in [-0.39, 0.29) is 23.8 Å². The molecule has 2 heterocycles. The van der Waals surface area contributed by atoms with Gasteiger partial charge < -0.3 is 10.6 Å². The van der Waals surface area contributed by atoms with E-state index >= 15 is 0 Å². The van der Waals surface area contributed by atoms with Gasteiger partial charge in [0.25, 0.3) is 15.7 Å². The molecule has 1 aliphatic heterocycles. The number of amides is 3. The van der Waals surface area contributed by atoms with Gasteiger partial charge in [0.05, 0.1) is 10.6 Å². The minimum absolute atomic E-state index is 0.0303. The summed E-state index contributed by atoms with van der Waals surface area (Å²) in [7, 11) is -5.56. The van der Waals surface area contributed by atoms with Crippen LogP contribution in [-0.4, -0.2) is 47.1 Å². The number of urea groups is 1. The van der Waals surface area contributed by atoms with Crippen molar-refractivity contribution < 1.29 is 31.2 Å². The summed E-state index contributed by atoms with van der Waals surface area (Å²) in [6.45, 7) is 2.98. The Kier molecular flexibility index (Phi) is 5.50. The Labute approximate surface area is 181 Å². The van der Waals surface area contributed by atoms with E-state index in [1.807, 2.05) is 0 Å². The summed E-state index contributed by atoms with van der Waals surface area (Å²) in [5.74, 6) is -0.916. The fourth-order valence-corrected chi connectivity index (χ4v) is 3.90. The molecule has 1 saturated heterocycles. The molecule has 3 N–H and O–H groups in total. The van der Waals surface area contributed by atoms with E-state index in [1.165, 1.54) is 31.0 Å². The van der Waals surface area contributed by atoms with Gasteiger partial charge in [0.1, 0.15) is 17.1 Å². The molecular weight excluding hydrogens is 451 g/mol. The first-order valence-electron chi connectivity index (χ1n) is 9.05. The number of nitrogens with zero attached hydrogens (tertiary/aromatic N) is 3. The number of rotatable bonds is 5. The molecule has 1 fully saturated rings. The zero-order valence-corrected chi connectivity index (χ0v) is 17.7. The Morgan fingerprint density at radius 3 is 2.28 bits per heavy atom. The smallest absolute Gasteiger partial charge is 0.382 e. The lowest BCUT2D eigenvalue weighted by atomic mass is 10.0. The molecule has 1 aromatic heterocycles. The Balaban J connectivity index is 1.93. The van der Waals surface area contributed by atoms with Crippen molar-refractivity contribution in [3.63, 3.8) is 0 Å². The summed E-state index contributed by atoms with van der Waals surface area (Å²) in [5.41, 5.74) is -0.696. The summed E-state index contributed by atoms with van der Waals surface area (Å²) >= 11 is 0. The highest BCUT2D eigenvalue weighted by molar-refractivity contribution is 7.92. The van der Waals surface area contributed by atoms with Gasteiger partial charge in [-0.3, -0.25) is 15.2 Å². The Morgan fingerprint density at radius 2 is 1.75 bits per heavy atom. The number of carbonyl (C=O) groups excluding carboxylic acids is 2. The van der Waals surface area contributed by atoms with Gasteiger partial charge in [-0.1, -0.05) is 0 Å². The summed E-state index contributed by atoms with van der Waals surface area (Å²) < 4.78 is 61.3. The highest BCUT2D eigenvalue weighted by Crippen LogP contribution is 2.35. The second-order valence-corrected chi connectivity index (χ2v) is 9.42. The van der Waals surface area contributed by atoms with Crippen LogP contribution in [-0.2, 0) is 21.2 Å². The normalized spacial score (nSPS) is 16.5. The highest BCUT2D eigenvalue weighted by atomic mass is 32.2. The Morgan fingerprint density at radius 1 is 1.16 bits per heavy atom. The number of halogens is 3. The first-order valence-corrected chi connectivity index (χ1v) is 10.5. The van der Waals surface area contributed by atoms with E-state index in [2.05, 4.69) is 4.98 Å². The molecule has 0 radical (unpaired) electrons. The minimum atomic E-state index is -5.56. The van der Waals surface area contributed by atoms with Crippen LogP contribution in [0.15, 0.2) is 47.5 Å². The number of hydrogen-bond donors (Lipinski definition) is 2. The van der Waals surface area contributed by atoms with Crippen LogP contribution in [0.1, 0.15) is 25.1 Å². The molecule has 0 unspecified atom stereocenters. The van der Waals surface area contributed by atoms with Crippen molar-refractivity contribution in [2.75, 3.05) is 4.90 Å². The Hall–Kier alpha value is -3.48. The summed E-state index contributed by atoms with van der Waals surface area (Å²) in [6, 6.07) is 5.65. The maximum Gasteiger partial charge on any atom is 0.501 e. The fraction of sp³-hybridized carbons (Fsp3) is 0.263. The number of aromatic nitrogens is 1. The molecule has 32 heavy (non-hydrogen) atoms. The first-order chi connectivity index (χ1) is 14.7. The van der Waals surface area contributed by atoms with Crippen LogP contribution in [0.25, 0.3) is 0 Å². The van der Waals surface area contributed by atoms with Crippen molar-refractivity contribution in [3.05, 3.63) is 53.9 Å². The third-order valence-corrected chi connectivity index (χ3v) is 6.48. The van der Waals surface area contributed by atoms with Crippen LogP contribution in [0.4, 0.5) is 23.7 Å². The maximum absolute atomic E-state index is 13.0. The Bertz CT molecular complexity index is 1210. The second kappa shape index (κ2) is 7.58. The highest BCUT2D eigenvalue weighted by Gasteiger charge is 2.52. The van der Waals surface area contributed by atoms with Crippen LogP contribution in [0, 0.1) is 5.41 Å². The molecule has 0 atom stereocenters. The topological polar surface area (TPSA) is 138 Å². The van der Waals surface area contributed by atoms with Gasteiger partial charge in [-0.2, -0.15) is 13.2 Å². The van der Waals surface area contributed by atoms with E-state index in [0.717, 1.165) is 17.0 Å². The number of benzene rings is 1. The predicted molar refractivity (Wildman–Crippen MR) is 107 cm³/mol. The molecule has 0 bridgehead atoms. The van der Waals surface area contributed by atoms with Gasteiger partial charge in [-0.05, 0) is 55.8 Å². The average molecular weight is 469 g/mol. The molecule has 13 heteroatoms. The number of anilines is 1. The van der Waals surface area contributed by atoms with Crippen molar-refractivity contribution >= 4 is 33.3 Å². The molecular formula is C19H18F3N5O4S. The number of alkyl halides is 3. The SMILES string of the molecule is CC1(C)C(=O)N(c2ccc(S(=O)(=O)C(F)(F)F)cc2)C(=O)N1Cc1ccnc(C(=N)N)c1. The first kappa shape index (κ1) is 23.2. The van der Waals surface area contributed by atoms with Crippen LogP contribution < -0.4 is 10.6 Å². The molecule has 1 aromatic carbocycles. The van der Waals surface area contributed by atoms with Crippen molar-refractivity contribution in [2.45, 2.75) is 36.3 Å². The van der Waals surface area contributed by atoms with Gasteiger partial charge >= 0.3 is 11.5 Å². The zero-order valence-electron chi connectivity index (χ0n) is 16.8. The van der Waals surface area contributed by atoms with Crippen molar-refractivity contribution in [2.24, 2.45) is 5.73 Å². The number of nitrogens with two attached hydrogens (primary N) is 1. The van der Waals surface area contributed by atoms with Crippen molar-refractivity contribution in [3.8, 4) is 0 Å². The second-order valence-electron chi connectivity index (χ2n) is 7.47. The maximum atomic E-state index is 13.0. The molecule has 3 rings (SSSR count). The number of hydrogen-bond acceptors (Lipinski definition) is 6. The van der Waals surface area contributed by atoms with Crippen molar-refractivity contribution in [1.82, 2.24) is 9.88 Å². The zero-order chi connectivity index (χ0) is 24.1. The molecule has 1 aliphatic rings. The van der Waals surface area contributed by atoms with E-state index in [9.17, 15) is 31.2 Å². The van der Waals surface area contributed by atoms with Gasteiger partial charge in [-0.25, -0.2) is 18.1 Å². The number of sulfone groups is 1. The van der Waals surface area contributed by atoms with Crippen molar-refractivity contribution in [1.29, 1.82) is 5.41 Å². The lowest BCUT2D eigenvalue weighted by Crippen LogP contribution is -2.43. The number of pyridine rings is 1.